The third kappa shape index (κ3) is 10.6. The van der Waals surface area contributed by atoms with E-state index in [-0.39, 0.29) is 43.6 Å². The van der Waals surface area contributed by atoms with Crippen molar-refractivity contribution in [1.29, 1.82) is 0 Å². The van der Waals surface area contributed by atoms with Crippen LogP contribution in [0.15, 0.2) is 449 Å². The third-order valence-corrected chi connectivity index (χ3v) is 26.7. The standard InChI is InChI=1S/C120H83BN4/c1-118(2,3)86-74-113-115-114(75-86)125(117-91(80-64-68-103-99(72-80)93-48-22-28-58-101(93)119(103,82-40-14-6-15-41-82)83-42-16-7-17-43-83)56-35-57-92(117)81-65-69-104-100(73-81)94-49-23-29-59-102(94)120(104,84-44-18-8-19-45-84)85-46-20-9-21-47-85)112-77-88(123-109-62-32-26-52-97(109)98-53-27-33-63-110(98)123)67-71-106(112)121(115)105-70-66-87(122-107-60-30-24-50-95(107)96-51-25-31-61-108(96)122)76-111(105)124(113)116-89(78-36-10-4-11-37-78)54-34-55-90(116)79-38-12-5-13-39-79/h4-77H,1-3H3/i24D,25D,26D,27D,30D,31D,32D,33D,50D,51D,52D,53D,60D,61D,62D,63D. The van der Waals surface area contributed by atoms with Gasteiger partial charge in [0.25, 0.3) is 6.71 Å². The quantitative estimate of drug-likeness (QED) is 0.113. The summed E-state index contributed by atoms with van der Waals surface area (Å²) in [6, 6.07) is 116. The molecule has 0 unspecified atom stereocenters. The molecular weight excluding hydrogens is 1510 g/mol. The fourth-order valence-electron chi connectivity index (χ4n) is 21.5. The second-order valence-electron chi connectivity index (χ2n) is 34.0. The Kier molecular flexibility index (Phi) is 12.9. The molecule has 0 N–H and O–H groups in total. The largest absolute Gasteiger partial charge is 0.310 e. The second kappa shape index (κ2) is 28.0. The Morgan fingerprint density at radius 1 is 0.256 bits per heavy atom. The van der Waals surface area contributed by atoms with Gasteiger partial charge in [0.05, 0.1) is 66.2 Å². The first-order chi connectivity index (χ1) is 68.3. The van der Waals surface area contributed by atoms with E-state index >= 15 is 0 Å². The van der Waals surface area contributed by atoms with Gasteiger partial charge in [-0.1, -0.05) is 397 Å². The molecule has 2 aliphatic heterocycles. The summed E-state index contributed by atoms with van der Waals surface area (Å²) in [5.41, 5.74) is 25.0. The van der Waals surface area contributed by atoms with Crippen molar-refractivity contribution >= 4 is 101 Å². The molecule has 0 radical (unpaired) electrons. The topological polar surface area (TPSA) is 16.3 Å². The number of aromatic nitrogens is 2. The second-order valence-corrected chi connectivity index (χ2v) is 34.0. The average Bonchev–Trinajstić information content (AvgIpc) is 1.62. The van der Waals surface area contributed by atoms with Crippen LogP contribution in [-0.2, 0) is 16.2 Å². The Morgan fingerprint density at radius 2 is 0.560 bits per heavy atom. The van der Waals surface area contributed by atoms with Gasteiger partial charge < -0.3 is 18.9 Å². The number of para-hydroxylation sites is 6. The number of anilines is 6. The highest BCUT2D eigenvalue weighted by molar-refractivity contribution is 7.00. The van der Waals surface area contributed by atoms with Crippen LogP contribution in [0.4, 0.5) is 34.1 Å². The Morgan fingerprint density at radius 3 is 0.912 bits per heavy atom. The summed E-state index contributed by atoms with van der Waals surface area (Å²) >= 11 is 0. The van der Waals surface area contributed by atoms with Crippen LogP contribution in [-0.4, -0.2) is 15.8 Å². The molecule has 0 saturated carbocycles. The van der Waals surface area contributed by atoms with Gasteiger partial charge in [0, 0.05) is 77.9 Å². The molecule has 19 aromatic carbocycles. The van der Waals surface area contributed by atoms with Gasteiger partial charge in [0.2, 0.25) is 0 Å². The molecule has 2 aromatic heterocycles. The fraction of sp³-hybridized carbons (Fsp3) is 0.0500. The molecule has 0 saturated heterocycles. The molecule has 0 fully saturated rings. The smallest absolute Gasteiger partial charge is 0.252 e. The maximum atomic E-state index is 10.2. The highest BCUT2D eigenvalue weighted by Gasteiger charge is 2.50. The van der Waals surface area contributed by atoms with Crippen LogP contribution in [0.1, 0.15) is 92.8 Å². The Bertz CT molecular complexity index is 8510. The zero-order valence-corrected chi connectivity index (χ0v) is 68.4. The molecule has 0 spiro atoms. The van der Waals surface area contributed by atoms with Crippen LogP contribution in [0.3, 0.4) is 0 Å². The van der Waals surface area contributed by atoms with Crippen LogP contribution in [0.25, 0.3) is 122 Å². The molecule has 125 heavy (non-hydrogen) atoms. The minimum Gasteiger partial charge on any atom is -0.310 e. The normalized spacial score (nSPS) is 15.4. The maximum Gasteiger partial charge on any atom is 0.252 e. The Labute approximate surface area is 751 Å². The predicted octanol–water partition coefficient (Wildman–Crippen LogP) is 28.7. The molecule has 4 nitrogen and oxygen atoms in total. The summed E-state index contributed by atoms with van der Waals surface area (Å²) in [5.74, 6) is 0. The van der Waals surface area contributed by atoms with Gasteiger partial charge in [-0.2, -0.15) is 0 Å². The van der Waals surface area contributed by atoms with E-state index < -0.39 is 120 Å². The molecule has 586 valence electrons. The maximum absolute atomic E-state index is 10.2. The third-order valence-electron chi connectivity index (χ3n) is 26.7. The lowest BCUT2D eigenvalue weighted by Crippen LogP contribution is -2.61. The van der Waals surface area contributed by atoms with Gasteiger partial charge >= 0.3 is 0 Å². The van der Waals surface area contributed by atoms with E-state index in [9.17, 15) is 21.9 Å². The van der Waals surface area contributed by atoms with E-state index in [0.29, 0.717) is 28.2 Å². The van der Waals surface area contributed by atoms with Crippen molar-refractivity contribution in [3.05, 3.63) is 499 Å². The molecule has 4 aliphatic rings. The lowest BCUT2D eigenvalue weighted by atomic mass is 9.33. The first-order valence-electron chi connectivity index (χ1n) is 50.5. The molecule has 25 rings (SSSR count). The minimum absolute atomic E-state index is 0.0586. The SMILES string of the molecule is [2H]c1c([2H])c([2H])c2c(c1[2H])c1c([2H])c([2H])c([2H])c([2H])c1n2-c1ccc2c(c1)N(c1c(-c3ccccc3)cccc1-c1ccccc1)c1cc(C(C)(C)C)cc3c1B2c1ccc(-n2c4c([2H])c([2H])c([2H])c([2H])c4c4c([2H])c([2H])c([2H])c([2H])c42)cc1N3c1c(-c2ccc3c(c2)-c2ccccc2C3(c2ccccc2)c2ccccc2)cccc1-c1ccc2c(c1)-c1ccccc1C2(c1ccccc1)c1ccccc1. The number of hydrogen-bond acceptors (Lipinski definition) is 2. The lowest BCUT2D eigenvalue weighted by Gasteiger charge is -2.46. The van der Waals surface area contributed by atoms with Crippen LogP contribution < -0.4 is 26.2 Å². The first kappa shape index (κ1) is 57.6. The van der Waals surface area contributed by atoms with E-state index in [2.05, 4.69) is 310 Å². The van der Waals surface area contributed by atoms with E-state index in [1.165, 1.54) is 0 Å². The van der Waals surface area contributed by atoms with Crippen LogP contribution in [0.2, 0.25) is 0 Å². The van der Waals surface area contributed by atoms with Gasteiger partial charge in [0.1, 0.15) is 0 Å². The monoisotopic (exact) mass is 1610 g/mol. The van der Waals surface area contributed by atoms with Crippen LogP contribution in [0, 0.1) is 0 Å². The molecule has 0 bridgehead atoms. The molecule has 0 amide bonds. The first-order valence-corrected chi connectivity index (χ1v) is 42.5. The number of nitrogens with zero attached hydrogens (tertiary/aromatic N) is 4. The zero-order valence-electron chi connectivity index (χ0n) is 84.4. The van der Waals surface area contributed by atoms with Crippen molar-refractivity contribution in [2.24, 2.45) is 0 Å². The van der Waals surface area contributed by atoms with Gasteiger partial charge in [0.15, 0.2) is 0 Å². The summed E-state index contributed by atoms with van der Waals surface area (Å²) in [7, 11) is 0. The van der Waals surface area contributed by atoms with Crippen molar-refractivity contribution < 1.29 is 21.9 Å². The van der Waals surface area contributed by atoms with E-state index in [0.717, 1.165) is 151 Å². The van der Waals surface area contributed by atoms with Crippen molar-refractivity contribution in [3.8, 4) is 78.1 Å². The van der Waals surface area contributed by atoms with Crippen molar-refractivity contribution in [2.45, 2.75) is 37.0 Å². The van der Waals surface area contributed by atoms with Gasteiger partial charge in [-0.05, 0) is 189 Å². The summed E-state index contributed by atoms with van der Waals surface area (Å²) in [4.78, 5) is 4.73. The van der Waals surface area contributed by atoms with Gasteiger partial charge in [-0.25, -0.2) is 0 Å². The summed E-state index contributed by atoms with van der Waals surface area (Å²) < 4.78 is 158. The highest BCUT2D eigenvalue weighted by Crippen LogP contribution is 2.62. The lowest BCUT2D eigenvalue weighted by molar-refractivity contribution is 0.590. The Balaban J connectivity index is 0.864. The van der Waals surface area contributed by atoms with Crippen LogP contribution >= 0.6 is 0 Å². The molecular formula is C120H83BN4. The van der Waals surface area contributed by atoms with Gasteiger partial charge in [-0.3, -0.25) is 0 Å². The zero-order chi connectivity index (χ0) is 96.7. The van der Waals surface area contributed by atoms with Crippen molar-refractivity contribution in [1.82, 2.24) is 9.13 Å². The fourth-order valence-corrected chi connectivity index (χ4v) is 21.5. The number of fused-ring (bicyclic) bond motifs is 16. The summed E-state index contributed by atoms with van der Waals surface area (Å²) in [6.45, 7) is 5.76. The van der Waals surface area contributed by atoms with E-state index in [4.69, 9.17) is 0 Å². The molecule has 4 heterocycles. The van der Waals surface area contributed by atoms with E-state index in [1.807, 2.05) is 72.8 Å². The predicted molar refractivity (Wildman–Crippen MR) is 524 cm³/mol. The summed E-state index contributed by atoms with van der Waals surface area (Å²) in [5, 5.41) is -0.335. The summed E-state index contributed by atoms with van der Waals surface area (Å²) in [6.07, 6.45) is 0. The van der Waals surface area contributed by atoms with E-state index in [1.54, 1.807) is 9.13 Å². The van der Waals surface area contributed by atoms with Crippen molar-refractivity contribution in [3.63, 3.8) is 0 Å². The van der Waals surface area contributed by atoms with Crippen LogP contribution in [0.5, 0.6) is 0 Å². The molecule has 21 aromatic rings. The average molecular weight is 1610 g/mol. The molecule has 2 aliphatic carbocycles. The number of benzene rings is 19. The Hall–Kier alpha value is -15.6. The number of rotatable bonds is 12. The van der Waals surface area contributed by atoms with Gasteiger partial charge in [-0.15, -0.1) is 0 Å². The number of hydrogen-bond donors (Lipinski definition) is 0. The molecule has 5 heteroatoms. The molecule has 0 atom stereocenters. The minimum atomic E-state index is -0.828. The highest BCUT2D eigenvalue weighted by atomic mass is 15.2. The van der Waals surface area contributed by atoms with Crippen molar-refractivity contribution in [2.75, 3.05) is 9.80 Å².